The fourth-order valence-corrected chi connectivity index (χ4v) is 3.59. The Bertz CT molecular complexity index is 988. The highest BCUT2D eigenvalue weighted by Gasteiger charge is 2.21. The zero-order valence-electron chi connectivity index (χ0n) is 17.5. The van der Waals surface area contributed by atoms with Crippen molar-refractivity contribution in [2.45, 2.75) is 32.1 Å². The van der Waals surface area contributed by atoms with Crippen LogP contribution in [0.4, 0.5) is 0 Å². The lowest BCUT2D eigenvalue weighted by Crippen LogP contribution is -2.25. The van der Waals surface area contributed by atoms with Crippen LogP contribution in [-0.4, -0.2) is 35.3 Å². The molecule has 0 bridgehead atoms. The first-order valence-electron chi connectivity index (χ1n) is 10.4. The molecule has 162 valence electrons. The van der Waals surface area contributed by atoms with E-state index in [-0.39, 0.29) is 29.3 Å². The maximum absolute atomic E-state index is 12.9. The van der Waals surface area contributed by atoms with Crippen molar-refractivity contribution in [1.29, 1.82) is 0 Å². The summed E-state index contributed by atoms with van der Waals surface area (Å²) in [5, 5.41) is 22.3. The van der Waals surface area contributed by atoms with Crippen molar-refractivity contribution in [3.63, 3.8) is 0 Å². The second-order valence-electron chi connectivity index (χ2n) is 7.47. The predicted octanol–water partition coefficient (Wildman–Crippen LogP) is 4.48. The number of aliphatic carboxylic acids is 1. The van der Waals surface area contributed by atoms with Gasteiger partial charge in [-0.25, -0.2) is 0 Å². The number of carbonyl (C=O) groups is 2. The van der Waals surface area contributed by atoms with Crippen LogP contribution in [0, 0.1) is 0 Å². The molecule has 1 atom stereocenters. The van der Waals surface area contributed by atoms with Gasteiger partial charge in [0.15, 0.2) is 0 Å². The van der Waals surface area contributed by atoms with Gasteiger partial charge in [-0.3, -0.25) is 9.59 Å². The lowest BCUT2D eigenvalue weighted by atomic mass is 9.96. The van der Waals surface area contributed by atoms with E-state index < -0.39 is 11.9 Å². The van der Waals surface area contributed by atoms with Crippen LogP contribution in [0.5, 0.6) is 5.75 Å². The Hall–Kier alpha value is -3.38. The summed E-state index contributed by atoms with van der Waals surface area (Å²) in [6.45, 7) is 3.24. The molecule has 1 amide bonds. The minimum absolute atomic E-state index is 0.112. The zero-order valence-corrected chi connectivity index (χ0v) is 17.5. The van der Waals surface area contributed by atoms with Crippen LogP contribution in [0.15, 0.2) is 66.4 Å². The highest BCUT2D eigenvalue weighted by Crippen LogP contribution is 2.29. The van der Waals surface area contributed by atoms with Crippen molar-refractivity contribution in [3.05, 3.63) is 83.1 Å². The third-order valence-corrected chi connectivity index (χ3v) is 5.14. The number of allylic oxidation sites excluding steroid dienone is 3. The van der Waals surface area contributed by atoms with Crippen molar-refractivity contribution in [1.82, 2.24) is 5.32 Å². The van der Waals surface area contributed by atoms with Crippen LogP contribution in [-0.2, 0) is 9.53 Å². The number of ether oxygens (including phenoxy) is 1. The van der Waals surface area contributed by atoms with E-state index in [2.05, 4.69) is 5.32 Å². The quantitative estimate of drug-likeness (QED) is 0.546. The Balaban J connectivity index is 1.89. The first kappa shape index (κ1) is 22.3. The Morgan fingerprint density at radius 2 is 1.97 bits per heavy atom. The van der Waals surface area contributed by atoms with Crippen LogP contribution >= 0.6 is 0 Å². The molecule has 1 unspecified atom stereocenters. The van der Waals surface area contributed by atoms with Crippen LogP contribution in [0.25, 0.3) is 5.57 Å². The number of carboxylic acid groups (broad SMARTS) is 1. The largest absolute Gasteiger partial charge is 0.507 e. The van der Waals surface area contributed by atoms with Gasteiger partial charge in [0, 0.05) is 18.2 Å². The van der Waals surface area contributed by atoms with Crippen LogP contribution < -0.4 is 5.32 Å². The van der Waals surface area contributed by atoms with Gasteiger partial charge in [0.25, 0.3) is 5.91 Å². The van der Waals surface area contributed by atoms with E-state index in [0.717, 1.165) is 29.5 Å². The van der Waals surface area contributed by atoms with E-state index in [9.17, 15) is 19.8 Å². The molecule has 6 nitrogen and oxygen atoms in total. The Morgan fingerprint density at radius 3 is 2.61 bits per heavy atom. The number of hydrogen-bond acceptors (Lipinski definition) is 4. The van der Waals surface area contributed by atoms with E-state index in [1.54, 1.807) is 18.2 Å². The van der Waals surface area contributed by atoms with Gasteiger partial charge in [0.1, 0.15) is 5.75 Å². The van der Waals surface area contributed by atoms with E-state index in [0.29, 0.717) is 13.2 Å². The lowest BCUT2D eigenvalue weighted by molar-refractivity contribution is -0.136. The van der Waals surface area contributed by atoms with E-state index in [1.807, 2.05) is 43.3 Å². The minimum Gasteiger partial charge on any atom is -0.507 e. The third-order valence-electron chi connectivity index (χ3n) is 5.14. The fraction of sp³-hybridized carbons (Fsp3) is 0.280. The molecule has 1 aliphatic rings. The smallest absolute Gasteiger partial charge is 0.309 e. The van der Waals surface area contributed by atoms with Crippen molar-refractivity contribution < 1.29 is 24.5 Å². The summed E-state index contributed by atoms with van der Waals surface area (Å²) >= 11 is 0. The fourth-order valence-electron chi connectivity index (χ4n) is 3.59. The zero-order chi connectivity index (χ0) is 22.2. The van der Waals surface area contributed by atoms with Gasteiger partial charge >= 0.3 is 5.97 Å². The van der Waals surface area contributed by atoms with Gasteiger partial charge in [0.2, 0.25) is 0 Å². The number of amides is 1. The van der Waals surface area contributed by atoms with E-state index in [4.69, 9.17) is 4.74 Å². The summed E-state index contributed by atoms with van der Waals surface area (Å²) in [6, 6.07) is 14.5. The third kappa shape index (κ3) is 6.06. The average Bonchev–Trinajstić information content (AvgIpc) is 3.29. The molecular weight excluding hydrogens is 394 g/mol. The second-order valence-corrected chi connectivity index (χ2v) is 7.47. The van der Waals surface area contributed by atoms with Crippen LogP contribution in [0.2, 0.25) is 0 Å². The normalized spacial score (nSPS) is 16.9. The van der Waals surface area contributed by atoms with E-state index >= 15 is 0 Å². The number of phenols is 1. The molecule has 3 N–H and O–H groups in total. The monoisotopic (exact) mass is 421 g/mol. The second kappa shape index (κ2) is 10.6. The number of carboxylic acids is 1. The van der Waals surface area contributed by atoms with Crippen molar-refractivity contribution in [2.75, 3.05) is 13.2 Å². The van der Waals surface area contributed by atoms with Crippen molar-refractivity contribution in [2.24, 2.45) is 0 Å². The average molecular weight is 421 g/mol. The standard InChI is InChI=1S/C25H27NO5/c1-2-6-18(17-7-4-3-5-8-17)13-21(15-24(28)29)26-25(30)22-14-19(9-10-23(22)27)20-11-12-31-16-20/h3-10,13-14,20,27H,2,11-12,15-16H2,1H3,(H,26,30)(H,28,29)/b18-6+,21-13+. The molecule has 1 aliphatic heterocycles. The summed E-state index contributed by atoms with van der Waals surface area (Å²) < 4.78 is 5.42. The summed E-state index contributed by atoms with van der Waals surface area (Å²) in [5.74, 6) is -1.58. The van der Waals surface area contributed by atoms with Gasteiger partial charge in [-0.1, -0.05) is 49.4 Å². The maximum Gasteiger partial charge on any atom is 0.309 e. The molecule has 6 heteroatoms. The van der Waals surface area contributed by atoms with Crippen molar-refractivity contribution in [3.8, 4) is 5.75 Å². The Kier molecular flexibility index (Phi) is 7.62. The molecule has 1 fully saturated rings. The minimum atomic E-state index is -1.06. The Labute approximate surface area is 181 Å². The summed E-state index contributed by atoms with van der Waals surface area (Å²) in [4.78, 5) is 24.4. The Morgan fingerprint density at radius 1 is 1.19 bits per heavy atom. The molecule has 31 heavy (non-hydrogen) atoms. The molecule has 0 radical (unpaired) electrons. The molecule has 0 aliphatic carbocycles. The summed E-state index contributed by atoms with van der Waals surface area (Å²) in [5.41, 5.74) is 3.02. The highest BCUT2D eigenvalue weighted by atomic mass is 16.5. The number of nitrogens with one attached hydrogen (secondary N) is 1. The maximum atomic E-state index is 12.9. The molecular formula is C25H27NO5. The van der Waals surface area contributed by atoms with Gasteiger partial charge in [-0.15, -0.1) is 0 Å². The highest BCUT2D eigenvalue weighted by molar-refractivity contribution is 5.98. The number of aromatic hydroxyl groups is 1. The van der Waals surface area contributed by atoms with Gasteiger partial charge in [0.05, 0.1) is 18.6 Å². The molecule has 1 saturated heterocycles. The topological polar surface area (TPSA) is 95.9 Å². The molecule has 2 aromatic rings. The van der Waals surface area contributed by atoms with Crippen molar-refractivity contribution >= 4 is 17.4 Å². The van der Waals surface area contributed by atoms with Gasteiger partial charge < -0.3 is 20.3 Å². The molecule has 0 aromatic heterocycles. The van der Waals surface area contributed by atoms with Gasteiger partial charge in [-0.2, -0.15) is 0 Å². The number of benzene rings is 2. The van der Waals surface area contributed by atoms with E-state index in [1.165, 1.54) is 6.07 Å². The van der Waals surface area contributed by atoms with Crippen LogP contribution in [0.1, 0.15) is 53.6 Å². The van der Waals surface area contributed by atoms with Crippen LogP contribution in [0.3, 0.4) is 0 Å². The number of carbonyl (C=O) groups excluding carboxylic acids is 1. The van der Waals surface area contributed by atoms with Gasteiger partial charge in [-0.05, 0) is 47.8 Å². The summed E-state index contributed by atoms with van der Waals surface area (Å²) in [6.07, 6.45) is 4.91. The molecule has 0 spiro atoms. The first-order valence-corrected chi connectivity index (χ1v) is 10.4. The SMILES string of the molecule is CC/C=C(\C=C(/CC(=O)O)NC(=O)c1cc(C2CCOC2)ccc1O)c1ccccc1. The summed E-state index contributed by atoms with van der Waals surface area (Å²) in [7, 11) is 0. The molecule has 0 saturated carbocycles. The number of rotatable bonds is 8. The lowest BCUT2D eigenvalue weighted by Gasteiger charge is -2.14. The number of phenolic OH excluding ortho intramolecular Hbond substituents is 1. The number of hydrogen-bond donors (Lipinski definition) is 3. The first-order chi connectivity index (χ1) is 15.0. The molecule has 1 heterocycles. The predicted molar refractivity (Wildman–Crippen MR) is 119 cm³/mol. The molecule has 2 aromatic carbocycles. The molecule has 3 rings (SSSR count).